The number of carboxylic acids is 1. The van der Waals surface area contributed by atoms with E-state index >= 15 is 0 Å². The molecular formula is C24H39N5O5. The Morgan fingerprint density at radius 3 is 2.56 bits per heavy atom. The van der Waals surface area contributed by atoms with Crippen molar-refractivity contribution in [3.05, 3.63) is 23.9 Å². The summed E-state index contributed by atoms with van der Waals surface area (Å²) in [4.78, 5) is 41.4. The van der Waals surface area contributed by atoms with Gasteiger partial charge in [-0.1, -0.05) is 52.0 Å². The van der Waals surface area contributed by atoms with Crippen LogP contribution >= 0.6 is 0 Å². The molecule has 10 nitrogen and oxygen atoms in total. The Balaban J connectivity index is 2.03. The first kappa shape index (κ1) is 27.4. The molecule has 1 aliphatic rings. The van der Waals surface area contributed by atoms with Crippen LogP contribution in [-0.4, -0.2) is 59.3 Å². The van der Waals surface area contributed by atoms with Crippen molar-refractivity contribution in [3.8, 4) is 0 Å². The standard InChI is InChI=1S/C24H39N5O5/c1-16(2)20-15-34-12-8-6-4-3-5-7-9-18(22(30)27-20)28-24(33)29-19(23(31)32)13-17-10-11-21(25)26-14-17/h10-11,14,16,18-20H,3-9,12-13,15H2,1-2H3,(H2,25,26)(H,27,30)(H,31,32)(H2,28,29,33)/t18-,19-,20+/m0/s1. The summed E-state index contributed by atoms with van der Waals surface area (Å²) in [5, 5.41) is 17.7. The summed E-state index contributed by atoms with van der Waals surface area (Å²) in [5.41, 5.74) is 6.19. The maximum atomic E-state index is 13.0. The number of rotatable bonds is 6. The van der Waals surface area contributed by atoms with E-state index in [0.717, 1.165) is 38.5 Å². The third-order valence-electron chi connectivity index (χ3n) is 5.97. The number of anilines is 1. The number of nitrogens with zero attached hydrogens (tertiary/aromatic N) is 1. The Kier molecular flexibility index (Phi) is 11.6. The molecule has 1 aliphatic heterocycles. The van der Waals surface area contributed by atoms with Crippen molar-refractivity contribution in [2.45, 2.75) is 83.3 Å². The molecule has 3 atom stereocenters. The highest BCUT2D eigenvalue weighted by atomic mass is 16.5. The van der Waals surface area contributed by atoms with Crippen LogP contribution in [0.5, 0.6) is 0 Å². The van der Waals surface area contributed by atoms with Gasteiger partial charge in [0.25, 0.3) is 0 Å². The minimum Gasteiger partial charge on any atom is -0.480 e. The molecular weight excluding hydrogens is 438 g/mol. The van der Waals surface area contributed by atoms with Crippen LogP contribution in [-0.2, 0) is 20.7 Å². The van der Waals surface area contributed by atoms with Gasteiger partial charge in [0.1, 0.15) is 17.9 Å². The zero-order valence-electron chi connectivity index (χ0n) is 20.2. The molecule has 3 amide bonds. The molecule has 0 spiro atoms. The molecule has 0 aliphatic carbocycles. The number of ether oxygens (including phenoxy) is 1. The maximum Gasteiger partial charge on any atom is 0.326 e. The van der Waals surface area contributed by atoms with Crippen molar-refractivity contribution in [3.63, 3.8) is 0 Å². The van der Waals surface area contributed by atoms with Crippen molar-refractivity contribution >= 4 is 23.7 Å². The first-order valence-electron chi connectivity index (χ1n) is 12.1. The lowest BCUT2D eigenvalue weighted by Crippen LogP contribution is -2.56. The van der Waals surface area contributed by atoms with Gasteiger partial charge in [-0.3, -0.25) is 4.79 Å². The van der Waals surface area contributed by atoms with Gasteiger partial charge in [0.15, 0.2) is 0 Å². The number of hydrogen-bond acceptors (Lipinski definition) is 6. The third-order valence-corrected chi connectivity index (χ3v) is 5.97. The van der Waals surface area contributed by atoms with E-state index in [2.05, 4.69) is 20.9 Å². The first-order chi connectivity index (χ1) is 16.3. The van der Waals surface area contributed by atoms with Crippen molar-refractivity contribution in [2.24, 2.45) is 5.92 Å². The molecule has 6 N–H and O–H groups in total. The topological polar surface area (TPSA) is 156 Å². The van der Waals surface area contributed by atoms with Crippen LogP contribution in [0.4, 0.5) is 10.6 Å². The smallest absolute Gasteiger partial charge is 0.326 e. The predicted molar refractivity (Wildman–Crippen MR) is 129 cm³/mol. The average molecular weight is 478 g/mol. The molecule has 2 heterocycles. The summed E-state index contributed by atoms with van der Waals surface area (Å²) in [7, 11) is 0. The number of nitrogens with one attached hydrogen (secondary N) is 3. The van der Waals surface area contributed by atoms with E-state index in [-0.39, 0.29) is 24.3 Å². The van der Waals surface area contributed by atoms with Gasteiger partial charge in [-0.05, 0) is 30.4 Å². The Bertz CT molecular complexity index is 786. The zero-order valence-corrected chi connectivity index (χ0v) is 20.2. The van der Waals surface area contributed by atoms with Gasteiger partial charge in [0.2, 0.25) is 5.91 Å². The molecule has 1 aromatic rings. The number of carbonyl (C=O) groups is 3. The lowest BCUT2D eigenvalue weighted by Gasteiger charge is -2.26. The normalized spacial score (nSPS) is 21.7. The van der Waals surface area contributed by atoms with Gasteiger partial charge >= 0.3 is 12.0 Å². The number of aromatic nitrogens is 1. The summed E-state index contributed by atoms with van der Waals surface area (Å²) in [5.74, 6) is -0.980. The molecule has 10 heteroatoms. The fourth-order valence-corrected chi connectivity index (χ4v) is 3.77. The van der Waals surface area contributed by atoms with Crippen LogP contribution < -0.4 is 21.7 Å². The number of carboxylic acid groups (broad SMARTS) is 1. The summed E-state index contributed by atoms with van der Waals surface area (Å²) in [6.45, 7) is 5.11. The van der Waals surface area contributed by atoms with E-state index < -0.39 is 24.1 Å². The number of hydrogen-bond donors (Lipinski definition) is 5. The summed E-state index contributed by atoms with van der Waals surface area (Å²) in [6.07, 6.45) is 8.05. The number of amides is 3. The van der Waals surface area contributed by atoms with Crippen LogP contribution in [0.15, 0.2) is 18.3 Å². The second-order valence-electron chi connectivity index (χ2n) is 9.20. The fourth-order valence-electron chi connectivity index (χ4n) is 3.77. The number of carbonyl (C=O) groups excluding carboxylic acids is 2. The molecule has 0 aromatic carbocycles. The minimum absolute atomic E-state index is 0.0413. The monoisotopic (exact) mass is 477 g/mol. The lowest BCUT2D eigenvalue weighted by atomic mass is 10.0. The van der Waals surface area contributed by atoms with Crippen molar-refractivity contribution in [1.29, 1.82) is 0 Å². The summed E-state index contributed by atoms with van der Waals surface area (Å²) >= 11 is 0. The van der Waals surface area contributed by atoms with Gasteiger partial charge in [-0.15, -0.1) is 0 Å². The van der Waals surface area contributed by atoms with E-state index in [1.54, 1.807) is 12.1 Å². The Labute approximate surface area is 201 Å². The highest BCUT2D eigenvalue weighted by Gasteiger charge is 2.27. The van der Waals surface area contributed by atoms with E-state index in [1.807, 2.05) is 13.8 Å². The SMILES string of the molecule is CC(C)[C@H]1COCCCCCCCC[C@H](NC(=O)N[C@@H](Cc2ccc(N)nc2)C(=O)O)C(=O)N1. The van der Waals surface area contributed by atoms with Crippen LogP contribution in [0.1, 0.15) is 64.4 Å². The van der Waals surface area contributed by atoms with Gasteiger partial charge < -0.3 is 31.5 Å². The van der Waals surface area contributed by atoms with Gasteiger partial charge in [-0.2, -0.15) is 0 Å². The first-order valence-corrected chi connectivity index (χ1v) is 12.1. The molecule has 1 aromatic heterocycles. The molecule has 0 saturated carbocycles. The van der Waals surface area contributed by atoms with E-state index in [0.29, 0.717) is 31.0 Å². The molecule has 2 rings (SSSR count). The Morgan fingerprint density at radius 1 is 1.21 bits per heavy atom. The molecule has 1 fully saturated rings. The van der Waals surface area contributed by atoms with Gasteiger partial charge in [0.05, 0.1) is 12.6 Å². The molecule has 0 bridgehead atoms. The predicted octanol–water partition coefficient (Wildman–Crippen LogP) is 2.23. The average Bonchev–Trinajstić information content (AvgIpc) is 2.78. The van der Waals surface area contributed by atoms with Crippen molar-refractivity contribution in [1.82, 2.24) is 20.9 Å². The van der Waals surface area contributed by atoms with Crippen molar-refractivity contribution in [2.75, 3.05) is 18.9 Å². The van der Waals surface area contributed by atoms with E-state index in [1.165, 1.54) is 6.20 Å². The molecule has 0 unspecified atom stereocenters. The molecule has 0 radical (unpaired) electrons. The van der Waals surface area contributed by atoms with Crippen LogP contribution in [0.3, 0.4) is 0 Å². The van der Waals surface area contributed by atoms with Crippen LogP contribution in [0, 0.1) is 5.92 Å². The quantitative estimate of drug-likeness (QED) is 0.421. The largest absolute Gasteiger partial charge is 0.480 e. The zero-order chi connectivity index (χ0) is 24.9. The number of nitrogen functional groups attached to an aromatic ring is 1. The van der Waals surface area contributed by atoms with E-state index in [9.17, 15) is 19.5 Å². The number of aliphatic carboxylic acids is 1. The Morgan fingerprint density at radius 2 is 1.91 bits per heavy atom. The minimum atomic E-state index is -1.18. The van der Waals surface area contributed by atoms with Crippen LogP contribution in [0.2, 0.25) is 0 Å². The maximum absolute atomic E-state index is 13.0. The molecule has 190 valence electrons. The lowest BCUT2D eigenvalue weighted by molar-refractivity contribution is -0.139. The van der Waals surface area contributed by atoms with Crippen LogP contribution in [0.25, 0.3) is 0 Å². The third kappa shape index (κ3) is 9.94. The molecule has 34 heavy (non-hydrogen) atoms. The number of pyridine rings is 1. The summed E-state index contributed by atoms with van der Waals surface area (Å²) < 4.78 is 5.77. The molecule has 1 saturated heterocycles. The Hall–Kier alpha value is -2.88. The number of urea groups is 1. The van der Waals surface area contributed by atoms with Gasteiger partial charge in [0, 0.05) is 19.2 Å². The van der Waals surface area contributed by atoms with Gasteiger partial charge in [-0.25, -0.2) is 14.6 Å². The highest BCUT2D eigenvalue weighted by molar-refractivity contribution is 5.89. The van der Waals surface area contributed by atoms with Crippen molar-refractivity contribution < 1.29 is 24.2 Å². The second-order valence-corrected chi connectivity index (χ2v) is 9.20. The highest BCUT2D eigenvalue weighted by Crippen LogP contribution is 2.12. The van der Waals surface area contributed by atoms with E-state index in [4.69, 9.17) is 10.5 Å². The summed E-state index contributed by atoms with van der Waals surface area (Å²) in [6, 6.07) is 0.419. The number of nitrogens with two attached hydrogens (primary N) is 1. The second kappa shape index (κ2) is 14.4. The fraction of sp³-hybridized carbons (Fsp3) is 0.667.